The van der Waals surface area contributed by atoms with Gasteiger partial charge in [0.05, 0.1) is 12.5 Å². The lowest BCUT2D eigenvalue weighted by Crippen LogP contribution is -2.03. The normalized spacial score (nSPS) is 12.8. The number of rotatable bonds is 2. The number of furan rings is 1. The van der Waals surface area contributed by atoms with E-state index in [1.54, 1.807) is 0 Å². The summed E-state index contributed by atoms with van der Waals surface area (Å²) in [5.41, 5.74) is 0.507. The summed E-state index contributed by atoms with van der Waals surface area (Å²) >= 11 is 0. The summed E-state index contributed by atoms with van der Waals surface area (Å²) < 4.78 is 31.6. The highest BCUT2D eigenvalue weighted by atomic mass is 19.1. The maximum Gasteiger partial charge on any atom is 0.129 e. The Bertz CT molecular complexity index is 492. The quantitative estimate of drug-likeness (QED) is 0.850. The van der Waals surface area contributed by atoms with E-state index in [0.717, 1.165) is 12.1 Å². The summed E-state index contributed by atoms with van der Waals surface area (Å²) in [7, 11) is 0. The van der Waals surface area contributed by atoms with E-state index < -0.39 is 17.7 Å². The molecule has 0 radical (unpaired) electrons. The number of benzene rings is 1. The Balaban J connectivity index is 2.44. The zero-order chi connectivity index (χ0) is 11.7. The summed E-state index contributed by atoms with van der Waals surface area (Å²) in [6.45, 7) is 1.46. The topological polar surface area (TPSA) is 33.4 Å². The van der Waals surface area contributed by atoms with Crippen molar-refractivity contribution in [1.82, 2.24) is 0 Å². The molecule has 0 aliphatic heterocycles. The van der Waals surface area contributed by atoms with Crippen molar-refractivity contribution in [3.63, 3.8) is 0 Å². The van der Waals surface area contributed by atoms with Crippen molar-refractivity contribution in [1.29, 1.82) is 0 Å². The van der Waals surface area contributed by atoms with Crippen LogP contribution in [0.2, 0.25) is 0 Å². The van der Waals surface area contributed by atoms with Crippen LogP contribution in [-0.4, -0.2) is 5.11 Å². The first-order valence-corrected chi connectivity index (χ1v) is 4.75. The molecule has 0 fully saturated rings. The second kappa shape index (κ2) is 4.06. The summed E-state index contributed by atoms with van der Waals surface area (Å²) in [6, 6.07) is 3.57. The molecular weight excluding hydrogens is 214 g/mol. The largest absolute Gasteiger partial charge is 0.472 e. The van der Waals surface area contributed by atoms with Crippen LogP contribution in [0.15, 0.2) is 35.1 Å². The predicted molar refractivity (Wildman–Crippen MR) is 53.9 cm³/mol. The van der Waals surface area contributed by atoms with Gasteiger partial charge in [0.2, 0.25) is 0 Å². The van der Waals surface area contributed by atoms with Gasteiger partial charge < -0.3 is 9.52 Å². The van der Waals surface area contributed by atoms with Crippen LogP contribution in [0.5, 0.6) is 0 Å². The maximum atomic E-state index is 13.5. The zero-order valence-electron chi connectivity index (χ0n) is 8.58. The highest BCUT2D eigenvalue weighted by Gasteiger charge is 2.17. The van der Waals surface area contributed by atoms with Crippen molar-refractivity contribution in [2.24, 2.45) is 0 Å². The molecule has 1 unspecified atom stereocenters. The fraction of sp³-hybridized carbons (Fsp3) is 0.167. The molecule has 0 spiro atoms. The lowest BCUT2D eigenvalue weighted by atomic mass is 10.0. The van der Waals surface area contributed by atoms with Gasteiger partial charge in [-0.1, -0.05) is 0 Å². The molecule has 4 heteroatoms. The molecule has 84 valence electrons. The molecule has 1 N–H and O–H groups in total. The summed E-state index contributed by atoms with van der Waals surface area (Å²) in [5.74, 6) is -1.17. The molecule has 1 heterocycles. The van der Waals surface area contributed by atoms with Crippen LogP contribution < -0.4 is 0 Å². The lowest BCUT2D eigenvalue weighted by Gasteiger charge is -2.11. The highest BCUT2D eigenvalue weighted by Crippen LogP contribution is 2.26. The molecule has 1 atom stereocenters. The number of hydrogen-bond donors (Lipinski definition) is 1. The molecule has 2 nitrogen and oxygen atoms in total. The van der Waals surface area contributed by atoms with Crippen LogP contribution in [-0.2, 0) is 0 Å². The minimum absolute atomic E-state index is 0.0931. The van der Waals surface area contributed by atoms with Crippen molar-refractivity contribution in [2.75, 3.05) is 0 Å². The third kappa shape index (κ3) is 1.84. The first-order valence-electron chi connectivity index (χ1n) is 4.75. The fourth-order valence-electron chi connectivity index (χ4n) is 1.48. The molecule has 2 rings (SSSR count). The SMILES string of the molecule is Cc1cc(F)c(C(O)c2ccoc2)cc1F. The monoisotopic (exact) mass is 224 g/mol. The van der Waals surface area contributed by atoms with Crippen molar-refractivity contribution in [3.05, 3.63) is 59.1 Å². The van der Waals surface area contributed by atoms with Crippen LogP contribution in [0.3, 0.4) is 0 Å². The van der Waals surface area contributed by atoms with Crippen LogP contribution in [0.1, 0.15) is 22.8 Å². The number of halogens is 2. The Kier molecular flexibility index (Phi) is 2.75. The molecule has 16 heavy (non-hydrogen) atoms. The predicted octanol–water partition coefficient (Wildman–Crippen LogP) is 2.95. The Morgan fingerprint density at radius 3 is 2.62 bits per heavy atom. The van der Waals surface area contributed by atoms with Gasteiger partial charge in [-0.05, 0) is 30.7 Å². The van der Waals surface area contributed by atoms with E-state index in [1.807, 2.05) is 0 Å². The standard InChI is InChI=1S/C12H10F2O2/c1-7-4-11(14)9(5-10(7)13)12(15)8-2-3-16-6-8/h2-6,12,15H,1H3. The number of aryl methyl sites for hydroxylation is 1. The third-order valence-corrected chi connectivity index (χ3v) is 2.43. The molecule has 0 saturated carbocycles. The highest BCUT2D eigenvalue weighted by molar-refractivity contribution is 5.32. The minimum Gasteiger partial charge on any atom is -0.472 e. The van der Waals surface area contributed by atoms with Crippen molar-refractivity contribution in [3.8, 4) is 0 Å². The van der Waals surface area contributed by atoms with Crippen molar-refractivity contribution in [2.45, 2.75) is 13.0 Å². The third-order valence-electron chi connectivity index (χ3n) is 2.43. The van der Waals surface area contributed by atoms with Gasteiger partial charge in [0.25, 0.3) is 0 Å². The number of aliphatic hydroxyl groups excluding tert-OH is 1. The Morgan fingerprint density at radius 2 is 2.00 bits per heavy atom. The van der Waals surface area contributed by atoms with Gasteiger partial charge in [-0.2, -0.15) is 0 Å². The Labute approximate surface area is 91.1 Å². The molecule has 1 aromatic heterocycles. The average molecular weight is 224 g/mol. The molecular formula is C12H10F2O2. The molecule has 0 aliphatic rings. The summed E-state index contributed by atoms with van der Waals surface area (Å²) in [5, 5.41) is 9.81. The Morgan fingerprint density at radius 1 is 1.25 bits per heavy atom. The first-order chi connectivity index (χ1) is 7.59. The van der Waals surface area contributed by atoms with Crippen LogP contribution in [0.25, 0.3) is 0 Å². The summed E-state index contributed by atoms with van der Waals surface area (Å²) in [4.78, 5) is 0. The van der Waals surface area contributed by atoms with E-state index >= 15 is 0 Å². The van der Waals surface area contributed by atoms with Gasteiger partial charge in [-0.3, -0.25) is 0 Å². The van der Waals surface area contributed by atoms with Gasteiger partial charge in [0.15, 0.2) is 0 Å². The molecule has 0 aliphatic carbocycles. The van der Waals surface area contributed by atoms with E-state index in [9.17, 15) is 13.9 Å². The fourth-order valence-corrected chi connectivity index (χ4v) is 1.48. The molecule has 1 aromatic carbocycles. The number of hydrogen-bond acceptors (Lipinski definition) is 2. The first kappa shape index (κ1) is 10.8. The van der Waals surface area contributed by atoms with Crippen LogP contribution in [0, 0.1) is 18.6 Å². The van der Waals surface area contributed by atoms with E-state index in [1.165, 1.54) is 25.5 Å². The van der Waals surface area contributed by atoms with E-state index in [4.69, 9.17) is 4.42 Å². The summed E-state index contributed by atoms with van der Waals surface area (Å²) in [6.07, 6.45) is 1.44. The van der Waals surface area contributed by atoms with E-state index in [-0.39, 0.29) is 11.1 Å². The lowest BCUT2D eigenvalue weighted by molar-refractivity contribution is 0.213. The Hall–Kier alpha value is -1.68. The zero-order valence-corrected chi connectivity index (χ0v) is 8.58. The second-order valence-corrected chi connectivity index (χ2v) is 3.58. The average Bonchev–Trinajstić information content (AvgIpc) is 2.75. The van der Waals surface area contributed by atoms with Gasteiger partial charge in [-0.15, -0.1) is 0 Å². The van der Waals surface area contributed by atoms with Gasteiger partial charge >= 0.3 is 0 Å². The maximum absolute atomic E-state index is 13.5. The van der Waals surface area contributed by atoms with Gasteiger partial charge in [0, 0.05) is 11.1 Å². The number of aliphatic hydroxyl groups is 1. The van der Waals surface area contributed by atoms with Crippen molar-refractivity contribution >= 4 is 0 Å². The van der Waals surface area contributed by atoms with Gasteiger partial charge in [-0.25, -0.2) is 8.78 Å². The van der Waals surface area contributed by atoms with Crippen LogP contribution in [0.4, 0.5) is 8.78 Å². The second-order valence-electron chi connectivity index (χ2n) is 3.58. The molecule has 2 aromatic rings. The van der Waals surface area contributed by atoms with E-state index in [0.29, 0.717) is 5.56 Å². The van der Waals surface area contributed by atoms with Crippen LogP contribution >= 0.6 is 0 Å². The van der Waals surface area contributed by atoms with Crippen molar-refractivity contribution < 1.29 is 18.3 Å². The van der Waals surface area contributed by atoms with E-state index in [2.05, 4.69) is 0 Å². The minimum atomic E-state index is -1.21. The molecule has 0 amide bonds. The smallest absolute Gasteiger partial charge is 0.129 e. The van der Waals surface area contributed by atoms with Gasteiger partial charge in [0.1, 0.15) is 17.7 Å². The molecule has 0 bridgehead atoms. The molecule has 0 saturated heterocycles.